The van der Waals surface area contributed by atoms with Gasteiger partial charge in [-0.2, -0.15) is 0 Å². The molecule has 0 saturated heterocycles. The second-order valence-corrected chi connectivity index (χ2v) is 6.74. The molecule has 2 aromatic carbocycles. The average molecular weight is 292 g/mol. The van der Waals surface area contributed by atoms with Crippen LogP contribution in [0.25, 0.3) is 10.1 Å². The molecular weight excluding hydrogens is 276 g/mol. The fourth-order valence-corrected chi connectivity index (χ4v) is 4.13. The Kier molecular flexibility index (Phi) is 2.82. The molecule has 0 radical (unpaired) electrons. The Morgan fingerprint density at radius 3 is 2.86 bits per heavy atom. The number of fused-ring (bicyclic) bond motifs is 2. The lowest BCUT2D eigenvalue weighted by Gasteiger charge is -2.21. The van der Waals surface area contributed by atoms with Crippen LogP contribution in [-0.2, 0) is 0 Å². The van der Waals surface area contributed by atoms with E-state index in [1.165, 1.54) is 31.7 Å². The lowest BCUT2D eigenvalue weighted by atomic mass is 9.94. The number of hydrogen-bond donors (Lipinski definition) is 1. The molecule has 0 saturated carbocycles. The molecule has 2 heterocycles. The highest BCUT2D eigenvalue weighted by Gasteiger charge is 2.24. The highest BCUT2D eigenvalue weighted by atomic mass is 32.1. The van der Waals surface area contributed by atoms with Crippen molar-refractivity contribution in [1.82, 2.24) is 0 Å². The molecule has 104 valence electrons. The number of hydrogen-bond acceptors (Lipinski definition) is 3. The quantitative estimate of drug-likeness (QED) is 0.666. The molecule has 1 aliphatic rings. The molecule has 0 amide bonds. The molecule has 3 heteroatoms. The topological polar surface area (TPSA) is 24.4 Å². The number of benzene rings is 2. The van der Waals surface area contributed by atoms with E-state index in [2.05, 4.69) is 61.6 Å². The lowest BCUT2D eigenvalue weighted by molar-refractivity contribution is 0.876. The molecule has 0 bridgehead atoms. The normalized spacial score (nSPS) is 16.8. The van der Waals surface area contributed by atoms with Crippen LogP contribution in [0.4, 0.5) is 5.69 Å². The van der Waals surface area contributed by atoms with E-state index in [9.17, 15) is 0 Å². The van der Waals surface area contributed by atoms with Crippen LogP contribution in [0, 0.1) is 13.8 Å². The van der Waals surface area contributed by atoms with E-state index in [-0.39, 0.29) is 6.04 Å². The predicted molar refractivity (Wildman–Crippen MR) is 91.7 cm³/mol. The summed E-state index contributed by atoms with van der Waals surface area (Å²) in [5, 5.41) is 4.59. The molecular formula is C18H16N2S. The van der Waals surface area contributed by atoms with Gasteiger partial charge in [0.15, 0.2) is 0 Å². The van der Waals surface area contributed by atoms with E-state index >= 15 is 0 Å². The summed E-state index contributed by atoms with van der Waals surface area (Å²) in [6.45, 7) is 4.35. The second-order valence-electron chi connectivity index (χ2n) is 5.48. The number of nitrogens with one attached hydrogen (secondary N) is 1. The van der Waals surface area contributed by atoms with Crippen molar-refractivity contribution in [1.29, 1.82) is 0 Å². The van der Waals surface area contributed by atoms with Gasteiger partial charge in [0.05, 0.1) is 6.34 Å². The minimum absolute atomic E-state index is 0.0954. The summed E-state index contributed by atoms with van der Waals surface area (Å²) >= 11 is 1.86. The summed E-state index contributed by atoms with van der Waals surface area (Å²) in [7, 11) is 0. The highest BCUT2D eigenvalue weighted by Crippen LogP contribution is 2.42. The third kappa shape index (κ3) is 1.96. The van der Waals surface area contributed by atoms with Crippen molar-refractivity contribution in [2.24, 2.45) is 4.99 Å². The number of rotatable bonds is 1. The highest BCUT2D eigenvalue weighted by molar-refractivity contribution is 7.19. The molecule has 3 aromatic rings. The van der Waals surface area contributed by atoms with Crippen molar-refractivity contribution in [2.75, 3.05) is 5.32 Å². The molecule has 0 fully saturated rings. The standard InChI is InChI=1S/C18H16N2S/c1-11-7-8-16-14(9-11)17(12(2)21-16)18-13-5-3-4-6-15(13)19-10-20-18/h3-10,18H,1-2H3,(H,19,20). The molecule has 1 atom stereocenters. The van der Waals surface area contributed by atoms with Gasteiger partial charge in [0.25, 0.3) is 0 Å². The van der Waals surface area contributed by atoms with Crippen LogP contribution < -0.4 is 5.32 Å². The number of anilines is 1. The zero-order chi connectivity index (χ0) is 14.4. The van der Waals surface area contributed by atoms with Crippen molar-refractivity contribution in [2.45, 2.75) is 19.9 Å². The summed E-state index contributed by atoms with van der Waals surface area (Å²) in [6.07, 6.45) is 1.83. The Bertz CT molecular complexity index is 861. The fraction of sp³-hybridized carbons (Fsp3) is 0.167. The van der Waals surface area contributed by atoms with E-state index in [1.807, 2.05) is 17.7 Å². The van der Waals surface area contributed by atoms with Crippen LogP contribution in [0.15, 0.2) is 47.5 Å². The van der Waals surface area contributed by atoms with Gasteiger partial charge in [-0.1, -0.05) is 35.9 Å². The summed E-state index contributed by atoms with van der Waals surface area (Å²) in [6, 6.07) is 15.2. The zero-order valence-corrected chi connectivity index (χ0v) is 12.9. The first-order chi connectivity index (χ1) is 10.2. The maximum atomic E-state index is 4.72. The molecule has 1 aromatic heterocycles. The number of thiophene rings is 1. The monoisotopic (exact) mass is 292 g/mol. The van der Waals surface area contributed by atoms with Gasteiger partial charge < -0.3 is 5.32 Å². The number of aliphatic imine (C=N–C) groups is 1. The fourth-order valence-electron chi connectivity index (χ4n) is 3.05. The van der Waals surface area contributed by atoms with Crippen LogP contribution in [0.5, 0.6) is 0 Å². The molecule has 1 unspecified atom stereocenters. The minimum atomic E-state index is 0.0954. The largest absolute Gasteiger partial charge is 0.346 e. The summed E-state index contributed by atoms with van der Waals surface area (Å²) in [5.41, 5.74) is 5.06. The molecule has 1 N–H and O–H groups in total. The Labute approximate surface area is 128 Å². The molecule has 4 rings (SSSR count). The maximum Gasteiger partial charge on any atom is 0.105 e. The molecule has 2 nitrogen and oxygen atoms in total. The van der Waals surface area contributed by atoms with Crippen molar-refractivity contribution >= 4 is 33.4 Å². The maximum absolute atomic E-state index is 4.72. The summed E-state index contributed by atoms with van der Waals surface area (Å²) in [5.74, 6) is 0. The summed E-state index contributed by atoms with van der Waals surface area (Å²) < 4.78 is 1.35. The van der Waals surface area contributed by atoms with E-state index < -0.39 is 0 Å². The van der Waals surface area contributed by atoms with Gasteiger partial charge in [-0.25, -0.2) is 0 Å². The Hall–Kier alpha value is -2.13. The third-order valence-corrected chi connectivity index (χ3v) is 5.14. The average Bonchev–Trinajstić information content (AvgIpc) is 2.82. The van der Waals surface area contributed by atoms with Gasteiger partial charge in [-0.15, -0.1) is 11.3 Å². The van der Waals surface area contributed by atoms with Crippen LogP contribution >= 0.6 is 11.3 Å². The molecule has 21 heavy (non-hydrogen) atoms. The first-order valence-electron chi connectivity index (χ1n) is 7.11. The SMILES string of the molecule is Cc1ccc2sc(C)c(C3N=CNc4ccccc43)c2c1. The van der Waals surface area contributed by atoms with Gasteiger partial charge in [0.1, 0.15) is 6.04 Å². The van der Waals surface area contributed by atoms with Gasteiger partial charge >= 0.3 is 0 Å². The van der Waals surface area contributed by atoms with E-state index in [1.54, 1.807) is 0 Å². The van der Waals surface area contributed by atoms with Crippen LogP contribution in [0.3, 0.4) is 0 Å². The van der Waals surface area contributed by atoms with Crippen molar-refractivity contribution < 1.29 is 0 Å². The van der Waals surface area contributed by atoms with Gasteiger partial charge in [0, 0.05) is 26.4 Å². The van der Waals surface area contributed by atoms with Gasteiger partial charge in [-0.05, 0) is 31.4 Å². The van der Waals surface area contributed by atoms with Crippen LogP contribution in [-0.4, -0.2) is 6.34 Å². The van der Waals surface area contributed by atoms with E-state index in [0.29, 0.717) is 0 Å². The molecule has 0 spiro atoms. The second kappa shape index (κ2) is 4.71. The van der Waals surface area contributed by atoms with Crippen molar-refractivity contribution in [3.05, 3.63) is 64.0 Å². The minimum Gasteiger partial charge on any atom is -0.346 e. The lowest BCUT2D eigenvalue weighted by Crippen LogP contribution is -2.11. The zero-order valence-electron chi connectivity index (χ0n) is 12.1. The van der Waals surface area contributed by atoms with Crippen molar-refractivity contribution in [3.63, 3.8) is 0 Å². The smallest absolute Gasteiger partial charge is 0.105 e. The number of para-hydroxylation sites is 1. The predicted octanol–water partition coefficient (Wildman–Crippen LogP) is 5.06. The summed E-state index contributed by atoms with van der Waals surface area (Å²) in [4.78, 5) is 6.08. The number of aryl methyl sites for hydroxylation is 2. The van der Waals surface area contributed by atoms with E-state index in [4.69, 9.17) is 4.99 Å². The van der Waals surface area contributed by atoms with Crippen LogP contribution in [0.2, 0.25) is 0 Å². The first-order valence-corrected chi connectivity index (χ1v) is 7.92. The van der Waals surface area contributed by atoms with Gasteiger partial charge in [-0.3, -0.25) is 4.99 Å². The van der Waals surface area contributed by atoms with Crippen LogP contribution in [0.1, 0.15) is 27.6 Å². The Balaban J connectivity index is 1.98. The Morgan fingerprint density at radius 2 is 1.95 bits per heavy atom. The molecule has 0 aliphatic carbocycles. The molecule has 1 aliphatic heterocycles. The third-order valence-electron chi connectivity index (χ3n) is 4.04. The van der Waals surface area contributed by atoms with Crippen molar-refractivity contribution in [3.8, 4) is 0 Å². The Morgan fingerprint density at radius 1 is 1.10 bits per heavy atom. The van der Waals surface area contributed by atoms with Gasteiger partial charge in [0.2, 0.25) is 0 Å². The van der Waals surface area contributed by atoms with E-state index in [0.717, 1.165) is 5.69 Å². The number of nitrogens with zero attached hydrogens (tertiary/aromatic N) is 1. The first kappa shape index (κ1) is 12.6.